The third kappa shape index (κ3) is 0.804. The van der Waals surface area contributed by atoms with Crippen molar-refractivity contribution < 1.29 is 9.53 Å². The van der Waals surface area contributed by atoms with Crippen LogP contribution in [-0.2, 0) is 0 Å². The highest BCUT2D eigenvalue weighted by Gasteiger charge is 2.51. The molecule has 13 heavy (non-hydrogen) atoms. The molecule has 66 valence electrons. The Morgan fingerprint density at radius 2 is 2.23 bits per heavy atom. The average molecular weight is 174 g/mol. The van der Waals surface area contributed by atoms with E-state index in [-0.39, 0.29) is 0 Å². The fraction of sp³-hybridized carbons (Fsp3) is 0.364. The number of carbonyl (C=O) groups is 1. The van der Waals surface area contributed by atoms with Crippen molar-refractivity contribution in [1.82, 2.24) is 0 Å². The highest BCUT2D eigenvalue weighted by Crippen LogP contribution is 2.56. The second kappa shape index (κ2) is 2.13. The van der Waals surface area contributed by atoms with Gasteiger partial charge in [0.25, 0.3) is 0 Å². The first kappa shape index (κ1) is 7.13. The molecule has 2 nitrogen and oxygen atoms in total. The Hall–Kier alpha value is -1.31. The van der Waals surface area contributed by atoms with E-state index in [9.17, 15) is 4.79 Å². The van der Waals surface area contributed by atoms with E-state index in [4.69, 9.17) is 4.74 Å². The van der Waals surface area contributed by atoms with Gasteiger partial charge in [-0.15, -0.1) is 0 Å². The zero-order valence-electron chi connectivity index (χ0n) is 7.41. The van der Waals surface area contributed by atoms with Crippen molar-refractivity contribution in [2.75, 3.05) is 7.11 Å². The fourth-order valence-corrected chi connectivity index (χ4v) is 2.23. The van der Waals surface area contributed by atoms with Crippen molar-refractivity contribution in [1.29, 1.82) is 0 Å². The molecule has 0 aliphatic heterocycles. The molecule has 0 spiro atoms. The summed E-state index contributed by atoms with van der Waals surface area (Å²) in [5.74, 6) is 1.95. The molecule has 0 bridgehead atoms. The SMILES string of the molecule is COc1ccc2c(c1)C(=O)[C@H]1C[C@@H]21. The number of fused-ring (bicyclic) bond motifs is 3. The van der Waals surface area contributed by atoms with E-state index in [2.05, 4.69) is 0 Å². The van der Waals surface area contributed by atoms with Gasteiger partial charge < -0.3 is 4.74 Å². The van der Waals surface area contributed by atoms with Gasteiger partial charge in [-0.3, -0.25) is 4.79 Å². The lowest BCUT2D eigenvalue weighted by Gasteiger charge is -2.04. The normalized spacial score (nSPS) is 28.2. The predicted molar refractivity (Wildman–Crippen MR) is 48.2 cm³/mol. The summed E-state index contributed by atoms with van der Waals surface area (Å²) in [6.07, 6.45) is 1.07. The summed E-state index contributed by atoms with van der Waals surface area (Å²) >= 11 is 0. The van der Waals surface area contributed by atoms with Gasteiger partial charge in [-0.2, -0.15) is 0 Å². The predicted octanol–water partition coefficient (Wildman–Crippen LogP) is 1.99. The molecular weight excluding hydrogens is 164 g/mol. The Morgan fingerprint density at radius 1 is 1.38 bits per heavy atom. The topological polar surface area (TPSA) is 26.3 Å². The van der Waals surface area contributed by atoms with Crippen LogP contribution in [0.2, 0.25) is 0 Å². The molecule has 0 N–H and O–H groups in total. The summed E-state index contributed by atoms with van der Waals surface area (Å²) in [5, 5.41) is 0. The number of ketones is 1. The van der Waals surface area contributed by atoms with Crippen LogP contribution >= 0.6 is 0 Å². The van der Waals surface area contributed by atoms with Gasteiger partial charge in [0.15, 0.2) is 5.78 Å². The number of methoxy groups -OCH3 is 1. The van der Waals surface area contributed by atoms with Crippen LogP contribution < -0.4 is 4.74 Å². The van der Waals surface area contributed by atoms with Gasteiger partial charge in [0.2, 0.25) is 0 Å². The molecule has 0 heterocycles. The highest BCUT2D eigenvalue weighted by atomic mass is 16.5. The van der Waals surface area contributed by atoms with Crippen LogP contribution in [0.1, 0.15) is 28.3 Å². The van der Waals surface area contributed by atoms with E-state index in [0.29, 0.717) is 17.6 Å². The minimum atomic E-state index is 0.308. The lowest BCUT2D eigenvalue weighted by molar-refractivity contribution is 0.0974. The number of rotatable bonds is 1. The van der Waals surface area contributed by atoms with Gasteiger partial charge in [-0.05, 0) is 30.0 Å². The molecule has 2 aliphatic carbocycles. The molecule has 0 unspecified atom stereocenters. The molecule has 0 aromatic heterocycles. The van der Waals surface area contributed by atoms with Gasteiger partial charge in [0.05, 0.1) is 7.11 Å². The van der Waals surface area contributed by atoms with Crippen LogP contribution in [0.3, 0.4) is 0 Å². The van der Waals surface area contributed by atoms with Gasteiger partial charge in [0, 0.05) is 11.5 Å². The molecule has 2 aliphatic rings. The average Bonchev–Trinajstić information content (AvgIpc) is 2.91. The Kier molecular flexibility index (Phi) is 1.17. The Labute approximate surface area is 76.5 Å². The van der Waals surface area contributed by atoms with Crippen LogP contribution in [0.15, 0.2) is 18.2 Å². The standard InChI is InChI=1S/C11H10O2/c1-13-6-2-3-7-8-5-10(8)11(12)9(7)4-6/h2-4,8,10H,5H2,1H3/t8-,10-/m0/s1. The molecule has 1 aromatic rings. The number of Topliss-reactive ketones (excluding diaryl/α,β-unsaturated/α-hetero) is 1. The number of carbonyl (C=O) groups excluding carboxylic acids is 1. The van der Waals surface area contributed by atoms with Crippen molar-refractivity contribution in [3.05, 3.63) is 29.3 Å². The van der Waals surface area contributed by atoms with E-state index < -0.39 is 0 Å². The van der Waals surface area contributed by atoms with E-state index in [1.54, 1.807) is 7.11 Å². The zero-order chi connectivity index (χ0) is 9.00. The van der Waals surface area contributed by atoms with Crippen LogP contribution in [0.5, 0.6) is 5.75 Å². The Morgan fingerprint density at radius 3 is 3.00 bits per heavy atom. The lowest BCUT2D eigenvalue weighted by Crippen LogP contribution is -1.98. The third-order valence-corrected chi connectivity index (χ3v) is 3.05. The number of benzene rings is 1. The van der Waals surface area contributed by atoms with Crippen molar-refractivity contribution in [3.63, 3.8) is 0 Å². The monoisotopic (exact) mass is 174 g/mol. The summed E-state index contributed by atoms with van der Waals surface area (Å²) in [5.41, 5.74) is 2.12. The highest BCUT2D eigenvalue weighted by molar-refractivity contribution is 6.06. The molecule has 1 fully saturated rings. The lowest BCUT2D eigenvalue weighted by atomic mass is 10.1. The van der Waals surface area contributed by atoms with E-state index in [1.807, 2.05) is 18.2 Å². The van der Waals surface area contributed by atoms with Gasteiger partial charge in [-0.1, -0.05) is 6.07 Å². The van der Waals surface area contributed by atoms with Crippen molar-refractivity contribution in [2.24, 2.45) is 5.92 Å². The van der Waals surface area contributed by atoms with Crippen LogP contribution in [0.25, 0.3) is 0 Å². The molecule has 0 amide bonds. The summed E-state index contributed by atoms with van der Waals surface area (Å²) in [4.78, 5) is 11.7. The maximum Gasteiger partial charge on any atom is 0.167 e. The minimum absolute atomic E-state index is 0.308. The van der Waals surface area contributed by atoms with Gasteiger partial charge in [0.1, 0.15) is 5.75 Å². The number of hydrogen-bond acceptors (Lipinski definition) is 2. The molecule has 1 saturated carbocycles. The van der Waals surface area contributed by atoms with Crippen molar-refractivity contribution in [3.8, 4) is 5.75 Å². The molecule has 2 heteroatoms. The van der Waals surface area contributed by atoms with E-state index in [0.717, 1.165) is 17.7 Å². The summed E-state index contributed by atoms with van der Waals surface area (Å²) in [6, 6.07) is 5.83. The van der Waals surface area contributed by atoms with Crippen molar-refractivity contribution >= 4 is 5.78 Å². The largest absolute Gasteiger partial charge is 0.497 e. The van der Waals surface area contributed by atoms with Gasteiger partial charge in [-0.25, -0.2) is 0 Å². The Bertz CT molecular complexity index is 395. The maximum absolute atomic E-state index is 11.7. The third-order valence-electron chi connectivity index (χ3n) is 3.05. The van der Waals surface area contributed by atoms with E-state index >= 15 is 0 Å². The molecule has 0 radical (unpaired) electrons. The second-order valence-corrected chi connectivity index (χ2v) is 3.77. The molecule has 1 aromatic carbocycles. The molecular formula is C11H10O2. The quantitative estimate of drug-likeness (QED) is 0.650. The van der Waals surface area contributed by atoms with Crippen LogP contribution in [-0.4, -0.2) is 12.9 Å². The first-order chi connectivity index (χ1) is 6.31. The second-order valence-electron chi connectivity index (χ2n) is 3.77. The van der Waals surface area contributed by atoms with Crippen LogP contribution in [0.4, 0.5) is 0 Å². The van der Waals surface area contributed by atoms with Gasteiger partial charge >= 0.3 is 0 Å². The zero-order valence-corrected chi connectivity index (χ0v) is 7.41. The summed E-state index contributed by atoms with van der Waals surface area (Å²) in [7, 11) is 1.63. The molecule has 3 rings (SSSR count). The van der Waals surface area contributed by atoms with E-state index in [1.165, 1.54) is 5.56 Å². The summed E-state index contributed by atoms with van der Waals surface area (Å²) < 4.78 is 5.09. The summed E-state index contributed by atoms with van der Waals surface area (Å²) in [6.45, 7) is 0. The Balaban J connectivity index is 2.16. The first-order valence-corrected chi connectivity index (χ1v) is 4.53. The smallest absolute Gasteiger partial charge is 0.167 e. The number of ether oxygens (including phenoxy) is 1. The van der Waals surface area contributed by atoms with Crippen LogP contribution in [0, 0.1) is 5.92 Å². The first-order valence-electron chi connectivity index (χ1n) is 4.53. The number of hydrogen-bond donors (Lipinski definition) is 0. The maximum atomic E-state index is 11.7. The molecule has 2 atom stereocenters. The fourth-order valence-electron chi connectivity index (χ4n) is 2.23. The van der Waals surface area contributed by atoms with Crippen molar-refractivity contribution in [2.45, 2.75) is 12.3 Å². The molecule has 0 saturated heterocycles. The minimum Gasteiger partial charge on any atom is -0.497 e.